The van der Waals surface area contributed by atoms with Crippen molar-refractivity contribution in [3.8, 4) is 11.1 Å². The lowest BCUT2D eigenvalue weighted by molar-refractivity contribution is -0.121. The Bertz CT molecular complexity index is 953. The number of hydrogen-bond donors (Lipinski definition) is 1. The maximum Gasteiger partial charge on any atom is 0.229 e. The Balaban J connectivity index is 1.34. The molecular weight excluding hydrogens is 348 g/mol. The predicted molar refractivity (Wildman–Crippen MR) is 111 cm³/mol. The van der Waals surface area contributed by atoms with Crippen molar-refractivity contribution >= 4 is 17.5 Å². The maximum atomic E-state index is 12.4. The van der Waals surface area contributed by atoms with Gasteiger partial charge in [-0.25, -0.2) is 0 Å². The molecule has 2 amide bonds. The van der Waals surface area contributed by atoms with E-state index in [4.69, 9.17) is 0 Å². The molecule has 1 heterocycles. The molecule has 3 aromatic carbocycles. The highest BCUT2D eigenvalue weighted by Gasteiger charge is 2.31. The van der Waals surface area contributed by atoms with E-state index in [-0.39, 0.29) is 17.9 Å². The quantitative estimate of drug-likeness (QED) is 0.742. The fraction of sp³-hybridized carbons (Fsp3) is 0.167. The van der Waals surface area contributed by atoms with Crippen molar-refractivity contribution in [1.82, 2.24) is 5.32 Å². The molecule has 28 heavy (non-hydrogen) atoms. The number of rotatable bonds is 5. The number of amides is 2. The summed E-state index contributed by atoms with van der Waals surface area (Å²) in [5.74, 6) is -0.0103. The number of para-hydroxylation sites is 1. The molecule has 4 heteroatoms. The van der Waals surface area contributed by atoms with E-state index in [1.165, 1.54) is 0 Å². The Morgan fingerprint density at radius 2 is 1.46 bits per heavy atom. The first-order valence-corrected chi connectivity index (χ1v) is 9.48. The summed E-state index contributed by atoms with van der Waals surface area (Å²) in [6, 6.07) is 27.6. The Labute approximate surface area is 164 Å². The fourth-order valence-corrected chi connectivity index (χ4v) is 3.57. The molecule has 0 radical (unpaired) electrons. The number of nitrogens with zero attached hydrogens (tertiary/aromatic N) is 1. The first kappa shape index (κ1) is 18.0. The molecule has 4 rings (SSSR count). The third-order valence-electron chi connectivity index (χ3n) is 4.98. The van der Waals surface area contributed by atoms with Crippen LogP contribution in [0, 0.1) is 0 Å². The van der Waals surface area contributed by atoms with Gasteiger partial charge in [-0.2, -0.15) is 0 Å². The predicted octanol–water partition coefficient (Wildman–Crippen LogP) is 3.82. The number of carbonyl (C=O) groups is 2. The summed E-state index contributed by atoms with van der Waals surface area (Å²) in [6.07, 6.45) is 0.651. The van der Waals surface area contributed by atoms with Gasteiger partial charge in [0.25, 0.3) is 0 Å². The lowest BCUT2D eigenvalue weighted by Gasteiger charge is -2.17. The minimum absolute atomic E-state index is 0.0451. The summed E-state index contributed by atoms with van der Waals surface area (Å²) in [4.78, 5) is 26.4. The van der Waals surface area contributed by atoms with Gasteiger partial charge in [0.2, 0.25) is 11.8 Å². The van der Waals surface area contributed by atoms with Crippen molar-refractivity contribution in [1.29, 1.82) is 0 Å². The smallest absolute Gasteiger partial charge is 0.229 e. The first-order valence-electron chi connectivity index (χ1n) is 9.48. The third kappa shape index (κ3) is 4.12. The summed E-state index contributed by atoms with van der Waals surface area (Å²) in [5.41, 5.74) is 4.12. The highest BCUT2D eigenvalue weighted by atomic mass is 16.2. The average Bonchev–Trinajstić information content (AvgIpc) is 3.09. The molecule has 0 aromatic heterocycles. The topological polar surface area (TPSA) is 49.4 Å². The third-order valence-corrected chi connectivity index (χ3v) is 4.98. The number of hydrogen-bond acceptors (Lipinski definition) is 2. The van der Waals surface area contributed by atoms with Crippen molar-refractivity contribution in [3.05, 3.63) is 90.5 Å². The van der Waals surface area contributed by atoms with Crippen LogP contribution in [-0.2, 0) is 16.0 Å². The molecular formula is C24H22N2O2. The van der Waals surface area contributed by atoms with Crippen molar-refractivity contribution in [2.45, 2.75) is 18.9 Å². The zero-order valence-electron chi connectivity index (χ0n) is 15.5. The molecule has 1 aliphatic heterocycles. The second-order valence-corrected chi connectivity index (χ2v) is 7.05. The lowest BCUT2D eigenvalue weighted by Crippen LogP contribution is -2.38. The SMILES string of the molecule is O=C(Cc1ccc(-c2ccccc2)cc1)NC1CC(=O)N(c2ccccc2)C1. The Kier molecular flexibility index (Phi) is 5.20. The number of carbonyl (C=O) groups excluding carboxylic acids is 2. The molecule has 140 valence electrons. The van der Waals surface area contributed by atoms with Crippen LogP contribution in [0.4, 0.5) is 5.69 Å². The van der Waals surface area contributed by atoms with E-state index in [0.29, 0.717) is 19.4 Å². The largest absolute Gasteiger partial charge is 0.351 e. The van der Waals surface area contributed by atoms with Gasteiger partial charge in [-0.3, -0.25) is 9.59 Å². The van der Waals surface area contributed by atoms with Gasteiger partial charge in [0.1, 0.15) is 0 Å². The van der Waals surface area contributed by atoms with E-state index in [0.717, 1.165) is 22.4 Å². The normalized spacial score (nSPS) is 16.2. The second-order valence-electron chi connectivity index (χ2n) is 7.05. The van der Waals surface area contributed by atoms with E-state index in [1.807, 2.05) is 72.8 Å². The number of nitrogens with one attached hydrogen (secondary N) is 1. The molecule has 0 bridgehead atoms. The monoisotopic (exact) mass is 370 g/mol. The van der Waals surface area contributed by atoms with E-state index < -0.39 is 0 Å². The Morgan fingerprint density at radius 1 is 0.857 bits per heavy atom. The summed E-state index contributed by atoms with van der Waals surface area (Å²) >= 11 is 0. The van der Waals surface area contributed by atoms with Crippen LogP contribution in [0.25, 0.3) is 11.1 Å². The molecule has 1 aliphatic rings. The molecule has 1 atom stereocenters. The molecule has 1 saturated heterocycles. The molecule has 0 spiro atoms. The second kappa shape index (κ2) is 8.09. The van der Waals surface area contributed by atoms with Crippen molar-refractivity contribution in [2.75, 3.05) is 11.4 Å². The first-order chi connectivity index (χ1) is 13.7. The van der Waals surface area contributed by atoms with Gasteiger partial charge in [0.05, 0.1) is 12.5 Å². The van der Waals surface area contributed by atoms with Crippen LogP contribution in [0.5, 0.6) is 0 Å². The van der Waals surface area contributed by atoms with Crippen LogP contribution >= 0.6 is 0 Å². The van der Waals surface area contributed by atoms with Gasteiger partial charge in [-0.15, -0.1) is 0 Å². The van der Waals surface area contributed by atoms with Crippen LogP contribution in [-0.4, -0.2) is 24.4 Å². The van der Waals surface area contributed by atoms with Crippen molar-refractivity contribution in [3.63, 3.8) is 0 Å². The minimum Gasteiger partial charge on any atom is -0.351 e. The van der Waals surface area contributed by atoms with Crippen LogP contribution in [0.1, 0.15) is 12.0 Å². The van der Waals surface area contributed by atoms with Crippen LogP contribution < -0.4 is 10.2 Å². The van der Waals surface area contributed by atoms with E-state index in [1.54, 1.807) is 4.90 Å². The van der Waals surface area contributed by atoms with Crippen LogP contribution in [0.15, 0.2) is 84.9 Å². The van der Waals surface area contributed by atoms with E-state index in [9.17, 15) is 9.59 Å². The van der Waals surface area contributed by atoms with Crippen LogP contribution in [0.3, 0.4) is 0 Å². The number of benzene rings is 3. The summed E-state index contributed by atoms with van der Waals surface area (Å²) in [6.45, 7) is 0.515. The molecule has 3 aromatic rings. The van der Waals surface area contributed by atoms with Gasteiger partial charge in [-0.05, 0) is 28.8 Å². The zero-order chi connectivity index (χ0) is 19.3. The van der Waals surface area contributed by atoms with Gasteiger partial charge in [-0.1, -0.05) is 72.8 Å². The van der Waals surface area contributed by atoms with Gasteiger partial charge >= 0.3 is 0 Å². The molecule has 0 saturated carbocycles. The molecule has 4 nitrogen and oxygen atoms in total. The lowest BCUT2D eigenvalue weighted by atomic mass is 10.0. The van der Waals surface area contributed by atoms with E-state index >= 15 is 0 Å². The number of anilines is 1. The minimum atomic E-state index is -0.149. The van der Waals surface area contributed by atoms with Crippen LogP contribution in [0.2, 0.25) is 0 Å². The summed E-state index contributed by atoms with van der Waals surface area (Å²) in [7, 11) is 0. The standard InChI is InChI=1S/C24H22N2O2/c27-23(15-18-11-13-20(14-12-18)19-7-3-1-4-8-19)25-21-16-24(28)26(17-21)22-9-5-2-6-10-22/h1-14,21H,15-17H2,(H,25,27). The summed E-state index contributed by atoms with van der Waals surface area (Å²) < 4.78 is 0. The average molecular weight is 370 g/mol. The Hall–Kier alpha value is -3.40. The fourth-order valence-electron chi connectivity index (χ4n) is 3.57. The zero-order valence-corrected chi connectivity index (χ0v) is 15.5. The molecule has 1 fully saturated rings. The van der Waals surface area contributed by atoms with E-state index in [2.05, 4.69) is 17.4 Å². The molecule has 1 N–H and O–H groups in total. The maximum absolute atomic E-state index is 12.4. The summed E-state index contributed by atoms with van der Waals surface area (Å²) in [5, 5.41) is 3.00. The Morgan fingerprint density at radius 3 is 2.14 bits per heavy atom. The molecule has 1 unspecified atom stereocenters. The highest BCUT2D eigenvalue weighted by molar-refractivity contribution is 5.96. The molecule has 0 aliphatic carbocycles. The van der Waals surface area contributed by atoms with Gasteiger partial charge in [0.15, 0.2) is 0 Å². The van der Waals surface area contributed by atoms with Gasteiger partial charge < -0.3 is 10.2 Å². The highest BCUT2D eigenvalue weighted by Crippen LogP contribution is 2.22. The van der Waals surface area contributed by atoms with Gasteiger partial charge in [0, 0.05) is 18.7 Å². The van der Waals surface area contributed by atoms with Crippen molar-refractivity contribution < 1.29 is 9.59 Å². The van der Waals surface area contributed by atoms with Crippen molar-refractivity contribution in [2.24, 2.45) is 0 Å².